The summed E-state index contributed by atoms with van der Waals surface area (Å²) in [5, 5.41) is 8.50. The fraction of sp³-hybridized carbons (Fsp3) is 0.385. The number of hydrogen-bond acceptors (Lipinski definition) is 4. The second kappa shape index (κ2) is 5.49. The number of hydrogen-bond donors (Lipinski definition) is 1. The Morgan fingerprint density at radius 2 is 2.00 bits per heavy atom. The maximum atomic E-state index is 6.14. The van der Waals surface area contributed by atoms with Crippen LogP contribution in [0.1, 0.15) is 24.6 Å². The summed E-state index contributed by atoms with van der Waals surface area (Å²) >= 11 is 12.0. The van der Waals surface area contributed by atoms with E-state index in [1.54, 1.807) is 18.2 Å². The smallest absolute Gasteiger partial charge is 0.259 e. The molecule has 0 spiro atoms. The third kappa shape index (κ3) is 2.76. The summed E-state index contributed by atoms with van der Waals surface area (Å²) in [7, 11) is 0. The van der Waals surface area contributed by atoms with Gasteiger partial charge in [0.25, 0.3) is 5.89 Å². The fourth-order valence-electron chi connectivity index (χ4n) is 2.25. The van der Waals surface area contributed by atoms with Crippen LogP contribution >= 0.6 is 23.2 Å². The Morgan fingerprint density at radius 3 is 2.74 bits per heavy atom. The molecule has 19 heavy (non-hydrogen) atoms. The van der Waals surface area contributed by atoms with Gasteiger partial charge in [-0.05, 0) is 44.1 Å². The Hall–Kier alpha value is -1.10. The van der Waals surface area contributed by atoms with Gasteiger partial charge in [0.1, 0.15) is 0 Å². The summed E-state index contributed by atoms with van der Waals surface area (Å²) in [4.78, 5) is 4.46. The van der Waals surface area contributed by atoms with Gasteiger partial charge >= 0.3 is 0 Å². The lowest BCUT2D eigenvalue weighted by Crippen LogP contribution is -2.27. The predicted octanol–water partition coefficient (Wildman–Crippen LogP) is 3.51. The molecule has 3 rings (SSSR count). The van der Waals surface area contributed by atoms with Crippen molar-refractivity contribution >= 4 is 23.2 Å². The molecule has 0 amide bonds. The molecule has 2 heterocycles. The first-order valence-electron chi connectivity index (χ1n) is 6.24. The minimum Gasteiger partial charge on any atom is -0.334 e. The standard InChI is InChI=1S/C13H13Cl2N3O/c14-9-1-2-10(11(15)7-9)13-17-12(18-19-13)8-3-5-16-6-4-8/h1-2,7-8,16H,3-6H2. The third-order valence-corrected chi connectivity index (χ3v) is 3.86. The van der Waals surface area contributed by atoms with E-state index in [4.69, 9.17) is 27.7 Å². The van der Waals surface area contributed by atoms with E-state index in [9.17, 15) is 0 Å². The summed E-state index contributed by atoms with van der Waals surface area (Å²) < 4.78 is 5.32. The van der Waals surface area contributed by atoms with Crippen LogP contribution in [0.3, 0.4) is 0 Å². The van der Waals surface area contributed by atoms with Crippen molar-refractivity contribution in [3.8, 4) is 11.5 Å². The summed E-state index contributed by atoms with van der Waals surface area (Å²) in [6.45, 7) is 1.99. The van der Waals surface area contributed by atoms with Gasteiger partial charge in [0.05, 0.1) is 10.6 Å². The van der Waals surface area contributed by atoms with Crippen LogP contribution < -0.4 is 5.32 Å². The second-order valence-corrected chi connectivity index (χ2v) is 5.45. The SMILES string of the molecule is Clc1ccc(-c2nc(C3CCNCC3)no2)c(Cl)c1. The van der Waals surface area contributed by atoms with Crippen molar-refractivity contribution in [3.63, 3.8) is 0 Å². The van der Waals surface area contributed by atoms with Crippen molar-refractivity contribution < 1.29 is 4.52 Å². The molecule has 2 aromatic rings. The molecular weight excluding hydrogens is 285 g/mol. The van der Waals surface area contributed by atoms with Crippen LogP contribution in [0.2, 0.25) is 10.0 Å². The van der Waals surface area contributed by atoms with E-state index in [1.165, 1.54) is 0 Å². The molecule has 1 aromatic carbocycles. The first kappa shape index (κ1) is 12.9. The van der Waals surface area contributed by atoms with Crippen LogP contribution in [0.25, 0.3) is 11.5 Å². The van der Waals surface area contributed by atoms with E-state index >= 15 is 0 Å². The minimum absolute atomic E-state index is 0.366. The van der Waals surface area contributed by atoms with Gasteiger partial charge in [0.2, 0.25) is 0 Å². The monoisotopic (exact) mass is 297 g/mol. The molecule has 1 aliphatic rings. The molecule has 1 N–H and O–H groups in total. The maximum absolute atomic E-state index is 6.14. The lowest BCUT2D eigenvalue weighted by atomic mass is 9.98. The molecule has 1 fully saturated rings. The number of rotatable bonds is 2. The molecule has 0 atom stereocenters. The summed E-state index contributed by atoms with van der Waals surface area (Å²) in [5.41, 5.74) is 0.721. The van der Waals surface area contributed by atoms with E-state index in [1.807, 2.05) is 0 Å². The fourth-order valence-corrected chi connectivity index (χ4v) is 2.74. The average molecular weight is 298 g/mol. The largest absolute Gasteiger partial charge is 0.334 e. The number of piperidine rings is 1. The van der Waals surface area contributed by atoms with E-state index in [-0.39, 0.29) is 0 Å². The number of aromatic nitrogens is 2. The minimum atomic E-state index is 0.366. The molecule has 0 radical (unpaired) electrons. The topological polar surface area (TPSA) is 51.0 Å². The van der Waals surface area contributed by atoms with Crippen LogP contribution in [0.5, 0.6) is 0 Å². The maximum Gasteiger partial charge on any atom is 0.259 e. The lowest BCUT2D eigenvalue weighted by molar-refractivity contribution is 0.392. The highest BCUT2D eigenvalue weighted by Gasteiger charge is 2.21. The number of benzene rings is 1. The van der Waals surface area contributed by atoms with E-state index < -0.39 is 0 Å². The van der Waals surface area contributed by atoms with Crippen molar-refractivity contribution in [3.05, 3.63) is 34.1 Å². The van der Waals surface area contributed by atoms with Crippen LogP contribution in [-0.4, -0.2) is 23.2 Å². The zero-order valence-electron chi connectivity index (χ0n) is 10.2. The highest BCUT2D eigenvalue weighted by Crippen LogP contribution is 2.31. The Morgan fingerprint density at radius 1 is 1.21 bits per heavy atom. The highest BCUT2D eigenvalue weighted by atomic mass is 35.5. The Kier molecular flexibility index (Phi) is 3.73. The number of halogens is 2. The number of nitrogens with zero attached hydrogens (tertiary/aromatic N) is 2. The van der Waals surface area contributed by atoms with Crippen LogP contribution in [0.4, 0.5) is 0 Å². The zero-order valence-corrected chi connectivity index (χ0v) is 11.7. The Bertz CT molecular complexity index is 579. The average Bonchev–Trinajstić information content (AvgIpc) is 2.89. The molecule has 1 saturated heterocycles. The van der Waals surface area contributed by atoms with Crippen LogP contribution in [-0.2, 0) is 0 Å². The van der Waals surface area contributed by atoms with Gasteiger partial charge in [0, 0.05) is 10.9 Å². The van der Waals surface area contributed by atoms with Crippen molar-refractivity contribution in [2.75, 3.05) is 13.1 Å². The highest BCUT2D eigenvalue weighted by molar-refractivity contribution is 6.36. The van der Waals surface area contributed by atoms with Gasteiger partial charge in [0.15, 0.2) is 5.82 Å². The van der Waals surface area contributed by atoms with Crippen molar-refractivity contribution in [1.29, 1.82) is 0 Å². The molecule has 0 bridgehead atoms. The van der Waals surface area contributed by atoms with Gasteiger partial charge in [-0.2, -0.15) is 4.98 Å². The molecule has 0 unspecified atom stereocenters. The van der Waals surface area contributed by atoms with Crippen LogP contribution in [0, 0.1) is 0 Å². The normalized spacial score (nSPS) is 16.7. The molecule has 100 valence electrons. The molecule has 4 nitrogen and oxygen atoms in total. The summed E-state index contributed by atoms with van der Waals surface area (Å²) in [6.07, 6.45) is 2.07. The molecule has 6 heteroatoms. The second-order valence-electron chi connectivity index (χ2n) is 4.61. The molecule has 1 aromatic heterocycles. The molecule has 1 aliphatic heterocycles. The Labute approximate surface area is 121 Å². The Balaban J connectivity index is 1.87. The van der Waals surface area contributed by atoms with Gasteiger partial charge in [-0.25, -0.2) is 0 Å². The van der Waals surface area contributed by atoms with Crippen molar-refractivity contribution in [2.45, 2.75) is 18.8 Å². The zero-order chi connectivity index (χ0) is 13.2. The lowest BCUT2D eigenvalue weighted by Gasteiger charge is -2.18. The van der Waals surface area contributed by atoms with E-state index in [0.29, 0.717) is 21.9 Å². The van der Waals surface area contributed by atoms with Gasteiger partial charge in [-0.3, -0.25) is 0 Å². The van der Waals surface area contributed by atoms with Gasteiger partial charge < -0.3 is 9.84 Å². The van der Waals surface area contributed by atoms with Crippen molar-refractivity contribution in [2.24, 2.45) is 0 Å². The first-order valence-corrected chi connectivity index (χ1v) is 6.99. The van der Waals surface area contributed by atoms with Crippen molar-refractivity contribution in [1.82, 2.24) is 15.5 Å². The summed E-state index contributed by atoms with van der Waals surface area (Å²) in [5.74, 6) is 1.59. The van der Waals surface area contributed by atoms with E-state index in [2.05, 4.69) is 15.5 Å². The quantitative estimate of drug-likeness (QED) is 0.921. The molecule has 0 saturated carbocycles. The third-order valence-electron chi connectivity index (χ3n) is 3.31. The summed E-state index contributed by atoms with van der Waals surface area (Å²) in [6, 6.07) is 5.23. The van der Waals surface area contributed by atoms with Gasteiger partial charge in [-0.1, -0.05) is 28.4 Å². The van der Waals surface area contributed by atoms with Crippen LogP contribution in [0.15, 0.2) is 22.7 Å². The predicted molar refractivity (Wildman–Crippen MR) is 74.6 cm³/mol. The van der Waals surface area contributed by atoms with Gasteiger partial charge in [-0.15, -0.1) is 0 Å². The molecule has 0 aliphatic carbocycles. The molecular formula is C13H13Cl2N3O. The number of nitrogens with one attached hydrogen (secondary N) is 1. The first-order chi connectivity index (χ1) is 9.24. The van der Waals surface area contributed by atoms with E-state index in [0.717, 1.165) is 37.3 Å².